The number of benzene rings is 1. The van der Waals surface area contributed by atoms with Gasteiger partial charge in [0.25, 0.3) is 0 Å². The molecule has 1 amide bonds. The van der Waals surface area contributed by atoms with Crippen molar-refractivity contribution in [2.45, 2.75) is 91.5 Å². The molecule has 0 radical (unpaired) electrons. The summed E-state index contributed by atoms with van der Waals surface area (Å²) in [5.41, 5.74) is 0.772. The topological polar surface area (TPSA) is 32.3 Å². The number of hydrogen-bond donors (Lipinski definition) is 1. The molecular weight excluding hydrogens is 482 g/mol. The molecule has 0 atom stereocenters. The number of halogens is 1. The number of nitrogens with zero attached hydrogens (tertiary/aromatic N) is 1. The van der Waals surface area contributed by atoms with E-state index in [2.05, 4.69) is 50.4 Å². The summed E-state index contributed by atoms with van der Waals surface area (Å²) in [7, 11) is 0. The van der Waals surface area contributed by atoms with E-state index in [1.165, 1.54) is 51.8 Å². The van der Waals surface area contributed by atoms with Crippen LogP contribution in [-0.2, 0) is 0 Å². The Morgan fingerprint density at radius 3 is 1.90 bits per heavy atom. The molecule has 170 valence electrons. The Bertz CT molecular complexity index is 592. The maximum atomic E-state index is 12.8. The third-order valence-electron chi connectivity index (χ3n) is 6.88. The molecule has 1 aliphatic rings. The quantitative estimate of drug-likeness (QED) is 0.259. The zero-order valence-electron chi connectivity index (χ0n) is 19.5. The van der Waals surface area contributed by atoms with Crippen LogP contribution in [0.15, 0.2) is 24.3 Å². The third-order valence-corrected chi connectivity index (χ3v) is 22.5. The number of piperidine rings is 1. The van der Waals surface area contributed by atoms with E-state index in [9.17, 15) is 9.18 Å². The average molecular weight is 525 g/mol. The molecule has 1 N–H and O–H groups in total. The van der Waals surface area contributed by atoms with Crippen molar-refractivity contribution in [1.29, 1.82) is 0 Å². The molecule has 30 heavy (non-hydrogen) atoms. The van der Waals surface area contributed by atoms with Crippen LogP contribution in [0.5, 0.6) is 0 Å². The van der Waals surface area contributed by atoms with Gasteiger partial charge in [0.05, 0.1) is 0 Å². The van der Waals surface area contributed by atoms with Gasteiger partial charge < -0.3 is 0 Å². The zero-order chi connectivity index (χ0) is 21.8. The molecule has 0 saturated carbocycles. The van der Waals surface area contributed by atoms with E-state index in [4.69, 9.17) is 0 Å². The number of likely N-dealkylation sites (tertiary alicyclic amines) is 1. The van der Waals surface area contributed by atoms with Crippen molar-refractivity contribution in [3.8, 4) is 0 Å². The van der Waals surface area contributed by atoms with Crippen LogP contribution in [0.25, 0.3) is 0 Å². The number of rotatable bonds is 13. The molecule has 1 aliphatic heterocycles. The van der Waals surface area contributed by atoms with E-state index in [1.807, 2.05) is 0 Å². The minimum atomic E-state index is -2.42. The molecule has 0 spiro atoms. The molecule has 0 unspecified atom stereocenters. The second-order valence-electron chi connectivity index (χ2n) is 9.15. The van der Waals surface area contributed by atoms with E-state index in [0.29, 0.717) is 0 Å². The molecule has 0 aromatic heterocycles. The summed E-state index contributed by atoms with van der Waals surface area (Å²) in [5, 5.41) is 3.17. The number of carbonyl (C=O) groups excluding carboxylic acids is 1. The Kier molecular flexibility index (Phi) is 11.7. The number of unbranched alkanes of at least 4 members (excludes halogenated alkanes) is 3. The van der Waals surface area contributed by atoms with E-state index >= 15 is 0 Å². The standard InChI is InChI=1S/C13H16FN2O.3C4H9.Sn/c14-10-16-8-6-12(7-9-16)15-13(17)11-4-2-1-3-5-11;3*1-3-4-2;/h2-5,12H,6-10H2,(H,15,17);3*1,3-4H2,2H3;. The fourth-order valence-electron chi connectivity index (χ4n) is 4.79. The molecule has 2 rings (SSSR count). The number of alkyl halides is 1. The Labute approximate surface area is 188 Å². The van der Waals surface area contributed by atoms with E-state index in [-0.39, 0.29) is 18.7 Å². The van der Waals surface area contributed by atoms with Crippen molar-refractivity contribution < 1.29 is 9.18 Å². The van der Waals surface area contributed by atoms with Gasteiger partial charge in [0.2, 0.25) is 0 Å². The van der Waals surface area contributed by atoms with Gasteiger partial charge in [0.15, 0.2) is 0 Å². The third kappa shape index (κ3) is 7.51. The first kappa shape index (κ1) is 25.6. The number of carbonyl (C=O) groups is 1. The molecule has 1 fully saturated rings. The fraction of sp³-hybridized carbons (Fsp3) is 0.720. The summed E-state index contributed by atoms with van der Waals surface area (Å²) in [5.74, 6) is 0.0247. The maximum absolute atomic E-state index is 12.8. The Balaban J connectivity index is 2.09. The predicted octanol–water partition coefficient (Wildman–Crippen LogP) is 5.86. The molecule has 0 aliphatic carbocycles. The zero-order valence-corrected chi connectivity index (χ0v) is 22.4. The Morgan fingerprint density at radius 2 is 1.47 bits per heavy atom. The molecule has 3 nitrogen and oxygen atoms in total. The van der Waals surface area contributed by atoms with Gasteiger partial charge in [-0.2, -0.15) is 0 Å². The van der Waals surface area contributed by atoms with Gasteiger partial charge >= 0.3 is 188 Å². The second kappa shape index (κ2) is 13.7. The molecule has 5 heteroatoms. The number of hydrogen-bond acceptors (Lipinski definition) is 2. The summed E-state index contributed by atoms with van der Waals surface area (Å²) in [4.78, 5) is 14.6. The molecule has 0 bridgehead atoms. The average Bonchev–Trinajstić information content (AvgIpc) is 2.79. The Morgan fingerprint density at radius 1 is 0.967 bits per heavy atom. The van der Waals surface area contributed by atoms with Crippen LogP contribution < -0.4 is 8.90 Å². The van der Waals surface area contributed by atoms with Crippen molar-refractivity contribution >= 4 is 27.9 Å². The van der Waals surface area contributed by atoms with E-state index < -0.39 is 18.4 Å². The minimum absolute atomic E-state index is 0.0247. The van der Waals surface area contributed by atoms with Crippen LogP contribution in [0.2, 0.25) is 13.3 Å². The molecule has 1 aromatic carbocycles. The van der Waals surface area contributed by atoms with Gasteiger partial charge in [-0.25, -0.2) is 0 Å². The second-order valence-corrected chi connectivity index (χ2v) is 22.4. The van der Waals surface area contributed by atoms with Gasteiger partial charge in [-0.3, -0.25) is 0 Å². The van der Waals surface area contributed by atoms with Crippen LogP contribution in [0.4, 0.5) is 4.39 Å². The van der Waals surface area contributed by atoms with Crippen molar-refractivity contribution in [3.63, 3.8) is 0 Å². The summed E-state index contributed by atoms with van der Waals surface area (Å²) in [6.07, 6.45) is 9.54. The summed E-state index contributed by atoms with van der Waals surface area (Å²) < 4.78 is 18.7. The van der Waals surface area contributed by atoms with Crippen molar-refractivity contribution in [3.05, 3.63) is 29.8 Å². The molecular formula is C25H43FN2OSn. The first-order valence-electron chi connectivity index (χ1n) is 12.3. The van der Waals surface area contributed by atoms with Crippen molar-refractivity contribution in [2.75, 3.05) is 19.9 Å². The summed E-state index contributed by atoms with van der Waals surface area (Å²) in [6, 6.07) is 8.90. The number of nitrogens with one attached hydrogen (secondary N) is 1. The van der Waals surface area contributed by atoms with Gasteiger partial charge in [-0.1, -0.05) is 0 Å². The predicted molar refractivity (Wildman–Crippen MR) is 129 cm³/mol. The fourth-order valence-corrected chi connectivity index (χ4v) is 20.7. The first-order chi connectivity index (χ1) is 14.6. The van der Waals surface area contributed by atoms with Crippen LogP contribution in [-0.4, -0.2) is 55.1 Å². The van der Waals surface area contributed by atoms with E-state index in [1.54, 1.807) is 8.48 Å². The van der Waals surface area contributed by atoms with Crippen molar-refractivity contribution in [1.82, 2.24) is 10.2 Å². The van der Waals surface area contributed by atoms with Crippen LogP contribution in [0, 0.1) is 0 Å². The van der Waals surface area contributed by atoms with Gasteiger partial charge in [-0.05, 0) is 0 Å². The SMILES string of the molecule is CCC[CH2][Sn]([CH2]CCC)([CH2]CCC)[c]1ccc(C(=O)NC2CCN(CF)CC2)cc1. The first-order valence-corrected chi connectivity index (χ1v) is 19.8. The summed E-state index contributed by atoms with van der Waals surface area (Å²) in [6.45, 7) is 7.99. The molecule has 1 saturated heterocycles. The van der Waals surface area contributed by atoms with Gasteiger partial charge in [0.1, 0.15) is 0 Å². The summed E-state index contributed by atoms with van der Waals surface area (Å²) >= 11 is -2.42. The molecule has 1 heterocycles. The van der Waals surface area contributed by atoms with Gasteiger partial charge in [0, 0.05) is 0 Å². The normalized spacial score (nSPS) is 16.0. The van der Waals surface area contributed by atoms with Crippen LogP contribution >= 0.6 is 0 Å². The van der Waals surface area contributed by atoms with Crippen LogP contribution in [0.1, 0.15) is 82.5 Å². The Hall–Kier alpha value is -0.621. The van der Waals surface area contributed by atoms with Crippen LogP contribution in [0.3, 0.4) is 0 Å². The van der Waals surface area contributed by atoms with Crippen molar-refractivity contribution in [2.24, 2.45) is 0 Å². The van der Waals surface area contributed by atoms with Gasteiger partial charge in [-0.15, -0.1) is 0 Å². The van der Waals surface area contributed by atoms with E-state index in [0.717, 1.165) is 31.5 Å². The number of amides is 1. The molecule has 1 aromatic rings. The monoisotopic (exact) mass is 526 g/mol.